The molecule has 0 radical (unpaired) electrons. The number of nitrogens with zero attached hydrogens (tertiary/aromatic N) is 6. The SMILES string of the molecule is Cc1ccc(Nc2nc(Nc3ccc(C)cc3)c(N=Nc3[nH]nc(C(C)(C)C)c3C#N)c(C)c2C#N)cc1. The molecular formula is C29H29N9. The summed E-state index contributed by atoms with van der Waals surface area (Å²) in [7, 11) is 0. The van der Waals surface area contributed by atoms with Gasteiger partial charge < -0.3 is 10.6 Å². The molecule has 0 aliphatic heterocycles. The van der Waals surface area contributed by atoms with Gasteiger partial charge in [0.25, 0.3) is 0 Å². The molecule has 0 aliphatic carbocycles. The third-order valence-corrected chi connectivity index (χ3v) is 5.97. The molecule has 0 saturated carbocycles. The summed E-state index contributed by atoms with van der Waals surface area (Å²) in [4.78, 5) is 4.75. The number of hydrogen-bond donors (Lipinski definition) is 3. The number of aromatic amines is 1. The van der Waals surface area contributed by atoms with E-state index in [1.54, 1.807) is 6.92 Å². The van der Waals surface area contributed by atoms with E-state index in [1.807, 2.05) is 83.1 Å². The molecule has 9 heteroatoms. The summed E-state index contributed by atoms with van der Waals surface area (Å²) >= 11 is 0. The molecule has 9 nitrogen and oxygen atoms in total. The van der Waals surface area contributed by atoms with Crippen molar-refractivity contribution >= 4 is 34.5 Å². The number of benzene rings is 2. The molecule has 2 aromatic heterocycles. The highest BCUT2D eigenvalue weighted by atomic mass is 15.3. The number of nitriles is 2. The van der Waals surface area contributed by atoms with E-state index in [1.165, 1.54) is 0 Å². The number of aromatic nitrogens is 3. The first-order valence-corrected chi connectivity index (χ1v) is 12.1. The minimum Gasteiger partial charge on any atom is -0.339 e. The molecule has 190 valence electrons. The largest absolute Gasteiger partial charge is 0.339 e. The Bertz CT molecular complexity index is 1570. The molecule has 0 atom stereocenters. The summed E-state index contributed by atoms with van der Waals surface area (Å²) in [5, 5.41) is 42.3. The van der Waals surface area contributed by atoms with E-state index < -0.39 is 0 Å². The molecule has 0 spiro atoms. The highest BCUT2D eigenvalue weighted by Gasteiger charge is 2.25. The van der Waals surface area contributed by atoms with Crippen molar-refractivity contribution in [3.8, 4) is 12.1 Å². The van der Waals surface area contributed by atoms with Gasteiger partial charge in [0, 0.05) is 22.4 Å². The molecule has 0 amide bonds. The molecule has 0 unspecified atom stereocenters. The molecule has 0 fully saturated rings. The lowest BCUT2D eigenvalue weighted by atomic mass is 9.90. The first-order chi connectivity index (χ1) is 18.1. The van der Waals surface area contributed by atoms with Crippen LogP contribution >= 0.6 is 0 Å². The summed E-state index contributed by atoms with van der Waals surface area (Å²) in [5.41, 5.74) is 5.77. The first-order valence-electron chi connectivity index (χ1n) is 12.1. The second-order valence-electron chi connectivity index (χ2n) is 10.1. The molecule has 0 bridgehead atoms. The topological polar surface area (TPSA) is 138 Å². The molecule has 4 aromatic rings. The standard InChI is InChI=1S/C29H29N9/c1-17-7-11-20(12-8-17)32-26-22(15-30)19(3)24(28(34-26)33-21-13-9-18(2)10-14-21)35-37-27-23(16-31)25(36-38-27)29(4,5)6/h7-14H,1-6H3,(H,36,38)(H2,32,33,34). The lowest BCUT2D eigenvalue weighted by Gasteiger charge is -2.16. The first kappa shape index (κ1) is 26.1. The van der Waals surface area contributed by atoms with E-state index in [4.69, 9.17) is 4.98 Å². The van der Waals surface area contributed by atoms with Crippen molar-refractivity contribution in [2.75, 3.05) is 10.6 Å². The third kappa shape index (κ3) is 5.53. The molecule has 2 heterocycles. The van der Waals surface area contributed by atoms with Gasteiger partial charge in [-0.25, -0.2) is 4.98 Å². The zero-order chi connectivity index (χ0) is 27.4. The number of anilines is 4. The van der Waals surface area contributed by atoms with E-state index in [9.17, 15) is 10.5 Å². The van der Waals surface area contributed by atoms with Crippen molar-refractivity contribution in [3.05, 3.63) is 82.0 Å². The molecule has 0 aliphatic rings. The number of nitrogens with one attached hydrogen (secondary N) is 3. The van der Waals surface area contributed by atoms with Crippen LogP contribution in [0.2, 0.25) is 0 Å². The Hall–Kier alpha value is -5.02. The number of H-pyrrole nitrogens is 1. The van der Waals surface area contributed by atoms with Crippen LogP contribution in [0.4, 0.5) is 34.5 Å². The Morgan fingerprint density at radius 2 is 1.29 bits per heavy atom. The van der Waals surface area contributed by atoms with Crippen molar-refractivity contribution < 1.29 is 0 Å². The highest BCUT2D eigenvalue weighted by molar-refractivity contribution is 5.79. The Labute approximate surface area is 222 Å². The monoisotopic (exact) mass is 503 g/mol. The lowest BCUT2D eigenvalue weighted by Crippen LogP contribution is -2.13. The Morgan fingerprint density at radius 3 is 1.79 bits per heavy atom. The summed E-state index contributed by atoms with van der Waals surface area (Å²) in [6.45, 7) is 11.7. The van der Waals surface area contributed by atoms with Gasteiger partial charge in [0.1, 0.15) is 23.4 Å². The fourth-order valence-electron chi connectivity index (χ4n) is 3.83. The summed E-state index contributed by atoms with van der Waals surface area (Å²) in [6.07, 6.45) is 0. The van der Waals surface area contributed by atoms with Gasteiger partial charge in [-0.2, -0.15) is 15.6 Å². The van der Waals surface area contributed by atoms with Crippen LogP contribution in [-0.4, -0.2) is 15.2 Å². The molecule has 0 saturated heterocycles. The fraction of sp³-hybridized carbons (Fsp3) is 0.241. The van der Waals surface area contributed by atoms with Crippen LogP contribution in [0.3, 0.4) is 0 Å². The van der Waals surface area contributed by atoms with Crippen molar-refractivity contribution in [2.45, 2.75) is 47.0 Å². The van der Waals surface area contributed by atoms with E-state index >= 15 is 0 Å². The molecule has 4 rings (SSSR count). The Kier molecular flexibility index (Phi) is 7.22. The number of azo groups is 1. The van der Waals surface area contributed by atoms with E-state index in [-0.39, 0.29) is 11.2 Å². The Balaban J connectivity index is 1.83. The quantitative estimate of drug-likeness (QED) is 0.231. The second-order valence-corrected chi connectivity index (χ2v) is 10.1. The van der Waals surface area contributed by atoms with Gasteiger partial charge in [-0.15, -0.1) is 10.2 Å². The van der Waals surface area contributed by atoms with Gasteiger partial charge in [-0.3, -0.25) is 5.10 Å². The molecular weight excluding hydrogens is 474 g/mol. The van der Waals surface area contributed by atoms with Crippen molar-refractivity contribution in [1.82, 2.24) is 15.2 Å². The van der Waals surface area contributed by atoms with Gasteiger partial charge in [0.05, 0.1) is 11.3 Å². The van der Waals surface area contributed by atoms with Crippen LogP contribution in [-0.2, 0) is 5.41 Å². The minimum atomic E-state index is -0.345. The van der Waals surface area contributed by atoms with Crippen LogP contribution in [0, 0.1) is 43.4 Å². The molecule has 3 N–H and O–H groups in total. The van der Waals surface area contributed by atoms with Crippen LogP contribution in [0.15, 0.2) is 58.8 Å². The Morgan fingerprint density at radius 1 is 0.763 bits per heavy atom. The number of hydrogen-bond acceptors (Lipinski definition) is 8. The van der Waals surface area contributed by atoms with Gasteiger partial charge >= 0.3 is 0 Å². The van der Waals surface area contributed by atoms with E-state index in [2.05, 4.69) is 43.2 Å². The van der Waals surface area contributed by atoms with E-state index in [0.29, 0.717) is 39.7 Å². The summed E-state index contributed by atoms with van der Waals surface area (Å²) in [5.74, 6) is 1.06. The smallest absolute Gasteiger partial charge is 0.188 e. The minimum absolute atomic E-state index is 0.249. The maximum Gasteiger partial charge on any atom is 0.188 e. The lowest BCUT2D eigenvalue weighted by molar-refractivity contribution is 0.565. The summed E-state index contributed by atoms with van der Waals surface area (Å²) < 4.78 is 0. The zero-order valence-corrected chi connectivity index (χ0v) is 22.3. The predicted octanol–water partition coefficient (Wildman–Crippen LogP) is 7.67. The average molecular weight is 504 g/mol. The molecule has 2 aromatic carbocycles. The van der Waals surface area contributed by atoms with Crippen molar-refractivity contribution in [3.63, 3.8) is 0 Å². The van der Waals surface area contributed by atoms with Gasteiger partial charge in [-0.1, -0.05) is 56.2 Å². The highest BCUT2D eigenvalue weighted by Crippen LogP contribution is 2.38. The molecule has 38 heavy (non-hydrogen) atoms. The van der Waals surface area contributed by atoms with Crippen LogP contribution < -0.4 is 10.6 Å². The van der Waals surface area contributed by atoms with Crippen molar-refractivity contribution in [2.24, 2.45) is 10.2 Å². The number of aryl methyl sites for hydroxylation is 2. The van der Waals surface area contributed by atoms with Crippen LogP contribution in [0.1, 0.15) is 54.3 Å². The average Bonchev–Trinajstić information content (AvgIpc) is 3.30. The van der Waals surface area contributed by atoms with Gasteiger partial charge in [0.15, 0.2) is 17.5 Å². The fourth-order valence-corrected chi connectivity index (χ4v) is 3.83. The van der Waals surface area contributed by atoms with Crippen LogP contribution in [0.5, 0.6) is 0 Å². The van der Waals surface area contributed by atoms with E-state index in [0.717, 1.165) is 22.5 Å². The van der Waals surface area contributed by atoms with Crippen molar-refractivity contribution in [1.29, 1.82) is 10.5 Å². The third-order valence-electron chi connectivity index (χ3n) is 5.97. The van der Waals surface area contributed by atoms with Gasteiger partial charge in [-0.05, 0) is 45.0 Å². The van der Waals surface area contributed by atoms with Gasteiger partial charge in [0.2, 0.25) is 0 Å². The number of rotatable bonds is 6. The van der Waals surface area contributed by atoms with Crippen LogP contribution in [0.25, 0.3) is 0 Å². The zero-order valence-electron chi connectivity index (χ0n) is 22.3. The number of pyridine rings is 1. The maximum absolute atomic E-state index is 10.0. The normalized spacial score (nSPS) is 11.3. The maximum atomic E-state index is 10.0. The summed E-state index contributed by atoms with van der Waals surface area (Å²) in [6, 6.07) is 20.1. The second kappa shape index (κ2) is 10.5. The predicted molar refractivity (Wildman–Crippen MR) is 149 cm³/mol.